The first kappa shape index (κ1) is 15.4. The van der Waals surface area contributed by atoms with Crippen molar-refractivity contribution < 1.29 is 0 Å². The van der Waals surface area contributed by atoms with Crippen LogP contribution < -0.4 is 0 Å². The van der Waals surface area contributed by atoms with Crippen LogP contribution >= 0.6 is 62.3 Å². The van der Waals surface area contributed by atoms with Gasteiger partial charge >= 0.3 is 0 Å². The highest BCUT2D eigenvalue weighted by molar-refractivity contribution is 9.10. The molecule has 1 heterocycles. The summed E-state index contributed by atoms with van der Waals surface area (Å²) >= 11 is 28.0. The van der Waals surface area contributed by atoms with Crippen LogP contribution in [0.5, 0.6) is 0 Å². The number of hydrogen-bond acceptors (Lipinski definition) is 1. The van der Waals surface area contributed by atoms with Crippen molar-refractivity contribution in [3.8, 4) is 5.69 Å². The van der Waals surface area contributed by atoms with Crippen molar-refractivity contribution in [3.05, 3.63) is 55.7 Å². The predicted octanol–water partition coefficient (Wildman–Crippen LogP) is 6.49. The zero-order valence-electron chi connectivity index (χ0n) is 10.4. The second-order valence-electron chi connectivity index (χ2n) is 4.32. The maximum Gasteiger partial charge on any atom is 0.129 e. The second kappa shape index (κ2) is 5.98. The Morgan fingerprint density at radius 1 is 1.05 bits per heavy atom. The molecule has 0 N–H and O–H groups in total. The van der Waals surface area contributed by atoms with E-state index in [1.165, 1.54) is 0 Å². The van der Waals surface area contributed by atoms with Gasteiger partial charge in [-0.05, 0) is 46.3 Å². The summed E-state index contributed by atoms with van der Waals surface area (Å²) in [5, 5.41) is 1.49. The van der Waals surface area contributed by atoms with Crippen LogP contribution in [-0.2, 0) is 5.88 Å². The number of rotatable bonds is 2. The summed E-state index contributed by atoms with van der Waals surface area (Å²) in [6.45, 7) is 0. The van der Waals surface area contributed by atoms with E-state index in [0.29, 0.717) is 26.6 Å². The number of benzene rings is 2. The summed E-state index contributed by atoms with van der Waals surface area (Å²) in [6, 6.07) is 9.15. The van der Waals surface area contributed by atoms with E-state index >= 15 is 0 Å². The Hall–Kier alpha value is -0.450. The fraction of sp³-hybridized carbons (Fsp3) is 0.0714. The van der Waals surface area contributed by atoms with Gasteiger partial charge in [-0.25, -0.2) is 4.98 Å². The van der Waals surface area contributed by atoms with Gasteiger partial charge in [-0.1, -0.05) is 34.8 Å². The molecule has 0 aliphatic heterocycles. The molecule has 3 rings (SSSR count). The molecule has 7 heteroatoms. The molecule has 0 atom stereocenters. The molecule has 0 fully saturated rings. The lowest BCUT2D eigenvalue weighted by Crippen LogP contribution is -2.00. The fourth-order valence-electron chi connectivity index (χ4n) is 2.15. The van der Waals surface area contributed by atoms with Crippen LogP contribution in [0.3, 0.4) is 0 Å². The van der Waals surface area contributed by atoms with E-state index in [1.807, 2.05) is 28.8 Å². The van der Waals surface area contributed by atoms with Crippen molar-refractivity contribution in [1.29, 1.82) is 0 Å². The third-order valence-corrected chi connectivity index (χ3v) is 5.30. The largest absolute Gasteiger partial charge is 0.294 e. The first-order valence-electron chi connectivity index (χ1n) is 5.89. The van der Waals surface area contributed by atoms with Crippen LogP contribution in [0.1, 0.15) is 5.82 Å². The van der Waals surface area contributed by atoms with Gasteiger partial charge in [0.25, 0.3) is 0 Å². The van der Waals surface area contributed by atoms with Gasteiger partial charge in [0, 0.05) is 9.50 Å². The maximum atomic E-state index is 6.37. The number of nitrogens with zero attached hydrogens (tertiary/aromatic N) is 2. The molecule has 0 amide bonds. The standard InChI is InChI=1S/C14H7BrCl4N2/c15-8-2-4-10(14(19)13(8)18)21-11-5-7(17)1-3-9(11)20-12(21)6-16/h1-5H,6H2. The summed E-state index contributed by atoms with van der Waals surface area (Å²) in [7, 11) is 0. The van der Waals surface area contributed by atoms with E-state index in [0.717, 1.165) is 15.5 Å². The zero-order chi connectivity index (χ0) is 15.1. The first-order valence-corrected chi connectivity index (χ1v) is 8.35. The molecule has 108 valence electrons. The van der Waals surface area contributed by atoms with E-state index in [4.69, 9.17) is 46.4 Å². The Bertz CT molecular complexity index is 845. The Balaban J connectivity index is 2.38. The van der Waals surface area contributed by atoms with Gasteiger partial charge in [-0.2, -0.15) is 0 Å². The van der Waals surface area contributed by atoms with Gasteiger partial charge in [-0.15, -0.1) is 11.6 Å². The van der Waals surface area contributed by atoms with E-state index < -0.39 is 0 Å². The molecule has 0 spiro atoms. The number of fused-ring (bicyclic) bond motifs is 1. The van der Waals surface area contributed by atoms with E-state index in [1.54, 1.807) is 6.07 Å². The highest BCUT2D eigenvalue weighted by Crippen LogP contribution is 2.37. The summed E-state index contributed by atoms with van der Waals surface area (Å²) < 4.78 is 2.60. The van der Waals surface area contributed by atoms with Gasteiger partial charge in [0.1, 0.15) is 5.82 Å². The Labute approximate surface area is 149 Å². The Morgan fingerprint density at radius 3 is 2.52 bits per heavy atom. The van der Waals surface area contributed by atoms with Crippen LogP contribution in [-0.4, -0.2) is 9.55 Å². The molecule has 0 saturated heterocycles. The van der Waals surface area contributed by atoms with Gasteiger partial charge in [0.15, 0.2) is 0 Å². The molecule has 0 aliphatic carbocycles. The number of alkyl halides is 1. The molecule has 0 bridgehead atoms. The smallest absolute Gasteiger partial charge is 0.129 e. The minimum atomic E-state index is 0.246. The SMILES string of the molecule is ClCc1nc2ccc(Cl)cc2n1-c1ccc(Br)c(Cl)c1Cl. The minimum Gasteiger partial charge on any atom is -0.294 e. The monoisotopic (exact) mass is 422 g/mol. The zero-order valence-corrected chi connectivity index (χ0v) is 15.0. The molecule has 2 nitrogen and oxygen atoms in total. The second-order valence-corrected chi connectivity index (χ2v) is 6.64. The first-order chi connectivity index (χ1) is 10.0. The molecule has 0 radical (unpaired) electrons. The molecule has 2 aromatic carbocycles. The quantitative estimate of drug-likeness (QED) is 0.339. The minimum absolute atomic E-state index is 0.246. The Morgan fingerprint density at radius 2 is 1.81 bits per heavy atom. The van der Waals surface area contributed by atoms with Crippen LogP contribution in [0.25, 0.3) is 16.7 Å². The normalized spacial score (nSPS) is 11.3. The van der Waals surface area contributed by atoms with Crippen molar-refractivity contribution in [2.45, 2.75) is 5.88 Å². The van der Waals surface area contributed by atoms with Crippen molar-refractivity contribution in [3.63, 3.8) is 0 Å². The van der Waals surface area contributed by atoms with Crippen molar-refractivity contribution in [2.24, 2.45) is 0 Å². The van der Waals surface area contributed by atoms with Crippen molar-refractivity contribution >= 4 is 73.4 Å². The highest BCUT2D eigenvalue weighted by Gasteiger charge is 2.17. The van der Waals surface area contributed by atoms with Gasteiger partial charge < -0.3 is 0 Å². The molecule has 3 aromatic rings. The number of halogens is 5. The summed E-state index contributed by atoms with van der Waals surface area (Å²) in [4.78, 5) is 4.50. The topological polar surface area (TPSA) is 17.8 Å². The molecule has 0 saturated carbocycles. The summed E-state index contributed by atoms with van der Waals surface area (Å²) in [5.41, 5.74) is 2.34. The Kier molecular flexibility index (Phi) is 4.40. The molecule has 0 unspecified atom stereocenters. The number of hydrogen-bond donors (Lipinski definition) is 0. The molecule has 1 aromatic heterocycles. The van der Waals surface area contributed by atoms with Gasteiger partial charge in [-0.3, -0.25) is 4.57 Å². The van der Waals surface area contributed by atoms with Crippen molar-refractivity contribution in [1.82, 2.24) is 9.55 Å². The van der Waals surface area contributed by atoms with Gasteiger partial charge in [0.2, 0.25) is 0 Å². The highest BCUT2D eigenvalue weighted by atomic mass is 79.9. The van der Waals surface area contributed by atoms with Crippen LogP contribution in [0, 0.1) is 0 Å². The summed E-state index contributed by atoms with van der Waals surface area (Å²) in [5.74, 6) is 0.922. The van der Waals surface area contributed by atoms with E-state index in [2.05, 4.69) is 20.9 Å². The maximum absolute atomic E-state index is 6.37. The van der Waals surface area contributed by atoms with Gasteiger partial charge in [0.05, 0.1) is 32.6 Å². The lowest BCUT2D eigenvalue weighted by atomic mass is 10.2. The van der Waals surface area contributed by atoms with E-state index in [9.17, 15) is 0 Å². The lowest BCUT2D eigenvalue weighted by Gasteiger charge is -2.12. The van der Waals surface area contributed by atoms with Crippen LogP contribution in [0.2, 0.25) is 15.1 Å². The summed E-state index contributed by atoms with van der Waals surface area (Å²) in [6.07, 6.45) is 0. The molecular weight excluding hydrogens is 418 g/mol. The third kappa shape index (κ3) is 2.66. The predicted molar refractivity (Wildman–Crippen MR) is 93.4 cm³/mol. The van der Waals surface area contributed by atoms with Crippen LogP contribution in [0.4, 0.5) is 0 Å². The third-order valence-electron chi connectivity index (χ3n) is 3.06. The average Bonchev–Trinajstić information content (AvgIpc) is 2.83. The number of aromatic nitrogens is 2. The fourth-order valence-corrected chi connectivity index (χ4v) is 3.34. The number of imidazole rings is 1. The molecular formula is C14H7BrCl4N2. The van der Waals surface area contributed by atoms with E-state index in [-0.39, 0.29) is 5.88 Å². The lowest BCUT2D eigenvalue weighted by molar-refractivity contribution is 0.982. The van der Waals surface area contributed by atoms with Crippen molar-refractivity contribution in [2.75, 3.05) is 0 Å². The molecule has 21 heavy (non-hydrogen) atoms. The van der Waals surface area contributed by atoms with Crippen LogP contribution in [0.15, 0.2) is 34.8 Å². The molecule has 0 aliphatic rings. The average molecular weight is 425 g/mol.